The Kier molecular flexibility index (Phi) is 5.02. The lowest BCUT2D eigenvalue weighted by atomic mass is 10.4. The molecule has 4 nitrogen and oxygen atoms in total. The van der Waals surface area contributed by atoms with Crippen molar-refractivity contribution >= 4 is 21.7 Å². The second kappa shape index (κ2) is 6.06. The number of rotatable bonds is 5. The minimum absolute atomic E-state index is 0.620. The average Bonchev–Trinajstić information content (AvgIpc) is 2.26. The first-order valence-electron chi connectivity index (χ1n) is 5.11. The first-order chi connectivity index (χ1) is 7.54. The zero-order valence-electron chi connectivity index (χ0n) is 10.2. The van der Waals surface area contributed by atoms with Crippen molar-refractivity contribution in [2.24, 2.45) is 0 Å². The van der Waals surface area contributed by atoms with Crippen molar-refractivity contribution in [2.75, 3.05) is 46.2 Å². The van der Waals surface area contributed by atoms with E-state index in [-0.39, 0.29) is 0 Å². The SMILES string of the molecule is COc1nc(N(C)CCN(C)C)ccc1Br. The van der Waals surface area contributed by atoms with Gasteiger partial charge in [0.05, 0.1) is 11.6 Å². The fraction of sp³-hybridized carbons (Fsp3) is 0.545. The molecule has 0 unspecified atom stereocenters. The number of nitrogens with zero attached hydrogens (tertiary/aromatic N) is 3. The first kappa shape index (κ1) is 13.3. The summed E-state index contributed by atoms with van der Waals surface area (Å²) in [6.07, 6.45) is 0. The molecule has 0 spiro atoms. The summed E-state index contributed by atoms with van der Waals surface area (Å²) in [5.41, 5.74) is 0. The number of hydrogen-bond acceptors (Lipinski definition) is 4. The van der Waals surface area contributed by atoms with Crippen LogP contribution in [-0.2, 0) is 0 Å². The Bertz CT molecular complexity index is 344. The van der Waals surface area contributed by atoms with E-state index in [0.717, 1.165) is 23.4 Å². The molecular weight excluding hydrogens is 270 g/mol. The van der Waals surface area contributed by atoms with Crippen LogP contribution in [0.2, 0.25) is 0 Å². The van der Waals surface area contributed by atoms with E-state index in [1.54, 1.807) is 7.11 Å². The Hall–Kier alpha value is -0.810. The molecule has 0 aliphatic heterocycles. The second-order valence-electron chi connectivity index (χ2n) is 3.89. The summed E-state index contributed by atoms with van der Waals surface area (Å²) in [6.45, 7) is 1.93. The van der Waals surface area contributed by atoms with Crippen LogP contribution in [0.25, 0.3) is 0 Å². The molecule has 1 aromatic rings. The third kappa shape index (κ3) is 3.64. The molecule has 1 rings (SSSR count). The Morgan fingerprint density at radius 3 is 2.50 bits per heavy atom. The number of halogens is 1. The molecule has 1 heterocycles. The molecule has 1 aromatic heterocycles. The van der Waals surface area contributed by atoms with Gasteiger partial charge >= 0.3 is 0 Å². The van der Waals surface area contributed by atoms with Crippen LogP contribution in [0.3, 0.4) is 0 Å². The fourth-order valence-electron chi connectivity index (χ4n) is 1.23. The minimum Gasteiger partial charge on any atom is -0.480 e. The van der Waals surface area contributed by atoms with E-state index in [1.807, 2.05) is 19.2 Å². The van der Waals surface area contributed by atoms with Crippen molar-refractivity contribution < 1.29 is 4.74 Å². The van der Waals surface area contributed by atoms with E-state index in [1.165, 1.54) is 0 Å². The van der Waals surface area contributed by atoms with Crippen LogP contribution in [0, 0.1) is 0 Å². The van der Waals surface area contributed by atoms with Crippen LogP contribution in [0.5, 0.6) is 5.88 Å². The predicted molar refractivity (Wildman–Crippen MR) is 70.3 cm³/mol. The molecule has 90 valence electrons. The van der Waals surface area contributed by atoms with Gasteiger partial charge in [-0.15, -0.1) is 0 Å². The molecular formula is C11H18BrN3O. The maximum Gasteiger partial charge on any atom is 0.229 e. The molecule has 0 aromatic carbocycles. The fourth-order valence-corrected chi connectivity index (χ4v) is 1.62. The lowest BCUT2D eigenvalue weighted by molar-refractivity contribution is 0.394. The number of pyridine rings is 1. The summed E-state index contributed by atoms with van der Waals surface area (Å²) in [7, 11) is 7.77. The van der Waals surface area contributed by atoms with Gasteiger partial charge in [-0.25, -0.2) is 0 Å². The van der Waals surface area contributed by atoms with E-state index in [0.29, 0.717) is 5.88 Å². The molecule has 0 radical (unpaired) electrons. The molecule has 16 heavy (non-hydrogen) atoms. The standard InChI is InChI=1S/C11H18BrN3O/c1-14(2)7-8-15(3)10-6-5-9(12)11(13-10)16-4/h5-6H,7-8H2,1-4H3. The van der Waals surface area contributed by atoms with Gasteiger partial charge in [-0.05, 0) is 42.2 Å². The van der Waals surface area contributed by atoms with Gasteiger partial charge in [0.1, 0.15) is 5.82 Å². The highest BCUT2D eigenvalue weighted by Crippen LogP contribution is 2.24. The summed E-state index contributed by atoms with van der Waals surface area (Å²) in [5, 5.41) is 0. The van der Waals surface area contributed by atoms with Gasteiger partial charge in [0, 0.05) is 20.1 Å². The molecule has 0 amide bonds. The highest BCUT2D eigenvalue weighted by atomic mass is 79.9. The minimum atomic E-state index is 0.620. The highest BCUT2D eigenvalue weighted by Gasteiger charge is 2.07. The number of likely N-dealkylation sites (N-methyl/N-ethyl adjacent to an activating group) is 2. The van der Waals surface area contributed by atoms with E-state index in [4.69, 9.17) is 4.74 Å². The topological polar surface area (TPSA) is 28.6 Å². The largest absolute Gasteiger partial charge is 0.480 e. The molecule has 0 aliphatic carbocycles. The molecule has 0 N–H and O–H groups in total. The molecule has 5 heteroatoms. The maximum absolute atomic E-state index is 5.17. The van der Waals surface area contributed by atoms with Gasteiger partial charge in [-0.2, -0.15) is 4.98 Å². The van der Waals surface area contributed by atoms with Crippen LogP contribution >= 0.6 is 15.9 Å². The van der Waals surface area contributed by atoms with Crippen LogP contribution in [0.4, 0.5) is 5.82 Å². The predicted octanol–water partition coefficient (Wildman–Crippen LogP) is 1.85. The van der Waals surface area contributed by atoms with Gasteiger partial charge < -0.3 is 14.5 Å². The van der Waals surface area contributed by atoms with Gasteiger partial charge in [0.15, 0.2) is 0 Å². The van der Waals surface area contributed by atoms with Gasteiger partial charge in [0.25, 0.3) is 0 Å². The lowest BCUT2D eigenvalue weighted by Gasteiger charge is -2.21. The van der Waals surface area contributed by atoms with Crippen molar-refractivity contribution in [3.8, 4) is 5.88 Å². The number of hydrogen-bond donors (Lipinski definition) is 0. The van der Waals surface area contributed by atoms with Crippen molar-refractivity contribution in [3.05, 3.63) is 16.6 Å². The van der Waals surface area contributed by atoms with Crippen molar-refractivity contribution in [1.82, 2.24) is 9.88 Å². The van der Waals surface area contributed by atoms with Crippen LogP contribution in [0.1, 0.15) is 0 Å². The van der Waals surface area contributed by atoms with E-state index in [2.05, 4.69) is 44.8 Å². The number of ether oxygens (including phenoxy) is 1. The summed E-state index contributed by atoms with van der Waals surface area (Å²) < 4.78 is 6.04. The summed E-state index contributed by atoms with van der Waals surface area (Å²) >= 11 is 3.39. The molecule has 0 saturated carbocycles. The maximum atomic E-state index is 5.17. The Labute approximate surface area is 105 Å². The number of methoxy groups -OCH3 is 1. The van der Waals surface area contributed by atoms with Gasteiger partial charge in [-0.1, -0.05) is 0 Å². The lowest BCUT2D eigenvalue weighted by Crippen LogP contribution is -2.29. The van der Waals surface area contributed by atoms with Crippen molar-refractivity contribution in [3.63, 3.8) is 0 Å². The molecule has 0 saturated heterocycles. The summed E-state index contributed by atoms with van der Waals surface area (Å²) in [5.74, 6) is 1.54. The smallest absolute Gasteiger partial charge is 0.229 e. The van der Waals surface area contributed by atoms with Crippen molar-refractivity contribution in [2.45, 2.75) is 0 Å². The quantitative estimate of drug-likeness (QED) is 0.827. The van der Waals surface area contributed by atoms with Crippen molar-refractivity contribution in [1.29, 1.82) is 0 Å². The normalized spacial score (nSPS) is 10.6. The van der Waals surface area contributed by atoms with E-state index >= 15 is 0 Å². The average molecular weight is 288 g/mol. The summed E-state index contributed by atoms with van der Waals surface area (Å²) in [6, 6.07) is 3.93. The third-order valence-electron chi connectivity index (χ3n) is 2.27. The molecule has 0 aliphatic rings. The Balaban J connectivity index is 2.72. The van der Waals surface area contributed by atoms with Gasteiger partial charge in [0.2, 0.25) is 5.88 Å². The monoisotopic (exact) mass is 287 g/mol. The van der Waals surface area contributed by atoms with E-state index in [9.17, 15) is 0 Å². The number of aromatic nitrogens is 1. The van der Waals surface area contributed by atoms with Crippen LogP contribution in [0.15, 0.2) is 16.6 Å². The van der Waals surface area contributed by atoms with Crippen LogP contribution < -0.4 is 9.64 Å². The Morgan fingerprint density at radius 2 is 1.94 bits per heavy atom. The van der Waals surface area contributed by atoms with E-state index < -0.39 is 0 Å². The van der Waals surface area contributed by atoms with Gasteiger partial charge in [-0.3, -0.25) is 0 Å². The number of anilines is 1. The zero-order valence-corrected chi connectivity index (χ0v) is 11.8. The zero-order chi connectivity index (χ0) is 12.1. The highest BCUT2D eigenvalue weighted by molar-refractivity contribution is 9.10. The molecule has 0 atom stereocenters. The molecule has 0 fully saturated rings. The summed E-state index contributed by atoms with van der Waals surface area (Å²) in [4.78, 5) is 8.66. The Morgan fingerprint density at radius 1 is 1.25 bits per heavy atom. The second-order valence-corrected chi connectivity index (χ2v) is 4.74. The van der Waals surface area contributed by atoms with Crippen LogP contribution in [-0.4, -0.2) is 51.2 Å². The third-order valence-corrected chi connectivity index (χ3v) is 2.87. The molecule has 0 bridgehead atoms. The first-order valence-corrected chi connectivity index (χ1v) is 5.90.